The second-order valence-electron chi connectivity index (χ2n) is 12.1. The average molecular weight is 634 g/mol. The van der Waals surface area contributed by atoms with Crippen LogP contribution in [0.2, 0.25) is 0 Å². The maximum Gasteiger partial charge on any atom is 0.136 e. The molecule has 0 spiro atoms. The number of para-hydroxylation sites is 2. The highest BCUT2D eigenvalue weighted by atomic mass is 32.1. The minimum absolute atomic E-state index is 0.871. The van der Waals surface area contributed by atoms with Gasteiger partial charge >= 0.3 is 0 Å². The molecule has 3 aromatic heterocycles. The van der Waals surface area contributed by atoms with E-state index in [9.17, 15) is 0 Å². The quantitative estimate of drug-likeness (QED) is 0.189. The minimum Gasteiger partial charge on any atom is -0.456 e. The Morgan fingerprint density at radius 3 is 2.02 bits per heavy atom. The summed E-state index contributed by atoms with van der Waals surface area (Å²) in [6, 6.07) is 57.7. The molecular weight excluding hydrogens is 607 g/mol. The first-order valence-electron chi connectivity index (χ1n) is 16.1. The molecule has 7 aromatic carbocycles. The van der Waals surface area contributed by atoms with Crippen LogP contribution in [0.1, 0.15) is 0 Å². The zero-order valence-corrected chi connectivity index (χ0v) is 26.6. The minimum atomic E-state index is 0.871. The van der Waals surface area contributed by atoms with Crippen molar-refractivity contribution in [2.45, 2.75) is 0 Å². The predicted octanol–water partition coefficient (Wildman–Crippen LogP) is 13.5. The molecule has 0 saturated heterocycles. The van der Waals surface area contributed by atoms with E-state index in [0.717, 1.165) is 72.4 Å². The topological polar surface area (TPSA) is 29.5 Å². The number of hydrogen-bond donors (Lipinski definition) is 0. The normalized spacial score (nSPS) is 11.8. The average Bonchev–Trinajstić information content (AvgIpc) is 3.85. The first-order chi connectivity index (χ1) is 23.8. The van der Waals surface area contributed by atoms with Gasteiger partial charge in [-0.25, -0.2) is 0 Å². The lowest BCUT2D eigenvalue weighted by molar-refractivity contribution is 0.632. The van der Waals surface area contributed by atoms with Crippen molar-refractivity contribution >= 4 is 81.5 Å². The van der Waals surface area contributed by atoms with Gasteiger partial charge in [0.2, 0.25) is 0 Å². The van der Waals surface area contributed by atoms with Crippen molar-refractivity contribution in [1.82, 2.24) is 0 Å². The van der Waals surface area contributed by atoms with E-state index < -0.39 is 0 Å². The van der Waals surface area contributed by atoms with Crippen LogP contribution in [0.15, 0.2) is 173 Å². The van der Waals surface area contributed by atoms with E-state index in [1.165, 1.54) is 20.2 Å². The molecule has 3 heterocycles. The van der Waals surface area contributed by atoms with Crippen molar-refractivity contribution in [3.63, 3.8) is 0 Å². The second kappa shape index (κ2) is 10.7. The van der Waals surface area contributed by atoms with E-state index in [-0.39, 0.29) is 0 Å². The van der Waals surface area contributed by atoms with Gasteiger partial charge in [0.05, 0.1) is 0 Å². The van der Waals surface area contributed by atoms with Crippen molar-refractivity contribution in [3.05, 3.63) is 164 Å². The van der Waals surface area contributed by atoms with E-state index in [1.54, 1.807) is 0 Å². The molecule has 0 N–H and O–H groups in total. The van der Waals surface area contributed by atoms with Crippen LogP contribution in [0.3, 0.4) is 0 Å². The molecular formula is C44H27NO2S. The van der Waals surface area contributed by atoms with Gasteiger partial charge < -0.3 is 13.7 Å². The summed E-state index contributed by atoms with van der Waals surface area (Å²) < 4.78 is 15.2. The van der Waals surface area contributed by atoms with E-state index in [2.05, 4.69) is 157 Å². The summed E-state index contributed by atoms with van der Waals surface area (Å²) in [4.78, 5) is 2.30. The van der Waals surface area contributed by atoms with Gasteiger partial charge in [0.1, 0.15) is 22.5 Å². The molecule has 4 heteroatoms. The fourth-order valence-corrected chi connectivity index (χ4v) is 8.20. The molecule has 226 valence electrons. The van der Waals surface area contributed by atoms with Gasteiger partial charge in [0.25, 0.3) is 0 Å². The lowest BCUT2D eigenvalue weighted by atomic mass is 10.0. The highest BCUT2D eigenvalue weighted by molar-refractivity contribution is 7.26. The summed E-state index contributed by atoms with van der Waals surface area (Å²) in [6.07, 6.45) is 0. The molecule has 0 aliphatic carbocycles. The highest BCUT2D eigenvalue weighted by Crippen LogP contribution is 2.43. The number of hydrogen-bond acceptors (Lipinski definition) is 4. The number of furan rings is 2. The van der Waals surface area contributed by atoms with Crippen molar-refractivity contribution < 1.29 is 8.83 Å². The van der Waals surface area contributed by atoms with Crippen LogP contribution in [-0.4, -0.2) is 0 Å². The van der Waals surface area contributed by atoms with Crippen LogP contribution in [0.4, 0.5) is 17.1 Å². The third-order valence-corrected chi connectivity index (χ3v) is 10.5. The Morgan fingerprint density at radius 2 is 1.12 bits per heavy atom. The molecule has 0 amide bonds. The third-order valence-electron chi connectivity index (χ3n) is 9.28. The number of anilines is 3. The molecule has 0 aliphatic heterocycles. The van der Waals surface area contributed by atoms with E-state index in [0.29, 0.717) is 0 Å². The number of thiophene rings is 1. The van der Waals surface area contributed by atoms with E-state index in [1.807, 2.05) is 23.5 Å². The summed E-state index contributed by atoms with van der Waals surface area (Å²) in [5.41, 5.74) is 9.31. The van der Waals surface area contributed by atoms with E-state index >= 15 is 0 Å². The van der Waals surface area contributed by atoms with Gasteiger partial charge in [-0.2, -0.15) is 0 Å². The Kier molecular flexibility index (Phi) is 6.05. The molecule has 0 radical (unpaired) electrons. The summed E-state index contributed by atoms with van der Waals surface area (Å²) in [7, 11) is 0. The van der Waals surface area contributed by atoms with Crippen LogP contribution < -0.4 is 4.90 Å². The van der Waals surface area contributed by atoms with Gasteiger partial charge in [-0.3, -0.25) is 0 Å². The van der Waals surface area contributed by atoms with Gasteiger partial charge in [-0.05, 0) is 90.0 Å². The largest absolute Gasteiger partial charge is 0.456 e. The number of benzene rings is 7. The van der Waals surface area contributed by atoms with Crippen LogP contribution in [0.5, 0.6) is 0 Å². The molecule has 0 fully saturated rings. The fourth-order valence-electron chi connectivity index (χ4n) is 6.98. The lowest BCUT2D eigenvalue weighted by Gasteiger charge is -2.25. The predicted molar refractivity (Wildman–Crippen MR) is 202 cm³/mol. The summed E-state index contributed by atoms with van der Waals surface area (Å²) in [5.74, 6) is 0.886. The first-order valence-corrected chi connectivity index (χ1v) is 16.9. The lowest BCUT2D eigenvalue weighted by Crippen LogP contribution is -2.09. The van der Waals surface area contributed by atoms with Crippen LogP contribution >= 0.6 is 11.3 Å². The molecule has 10 rings (SSSR count). The SMILES string of the molecule is c1ccc(N(c2ccc(-c3ccc4c(c3)oc3ccccc34)cc2)c2ccc3oc(-c4cccc5c4sc4ccccc45)cc3c2)cc1. The maximum absolute atomic E-state index is 6.50. The molecule has 48 heavy (non-hydrogen) atoms. The molecule has 0 aliphatic rings. The van der Waals surface area contributed by atoms with Gasteiger partial charge in [0.15, 0.2) is 0 Å². The Labute approximate surface area is 280 Å². The molecule has 3 nitrogen and oxygen atoms in total. The summed E-state index contributed by atoms with van der Waals surface area (Å²) in [5, 5.41) is 5.91. The fraction of sp³-hybridized carbons (Fsp3) is 0. The second-order valence-corrected chi connectivity index (χ2v) is 13.2. The molecule has 0 unspecified atom stereocenters. The smallest absolute Gasteiger partial charge is 0.136 e. The highest BCUT2D eigenvalue weighted by Gasteiger charge is 2.17. The molecule has 0 bridgehead atoms. The van der Waals surface area contributed by atoms with Gasteiger partial charge in [-0.1, -0.05) is 84.9 Å². The number of rotatable bonds is 5. The van der Waals surface area contributed by atoms with Crippen molar-refractivity contribution in [2.24, 2.45) is 0 Å². The molecule has 0 saturated carbocycles. The zero-order chi connectivity index (χ0) is 31.6. The standard InChI is InChI=1S/C44H27NO2S/c1-2-9-31(10-3-1)45(32-20-17-28(18-21-32)29-19-23-35-34-11-4-6-15-40(34)47-41(35)26-29)33-22-24-39-30(25-33)27-42(46-39)38-14-8-13-37-36-12-5-7-16-43(36)48-44(37)38/h1-27H. The Hall–Kier alpha value is -6.10. The molecule has 0 atom stereocenters. The van der Waals surface area contributed by atoms with Gasteiger partial charge in [0, 0.05) is 59.0 Å². The Balaban J connectivity index is 1.04. The van der Waals surface area contributed by atoms with Crippen molar-refractivity contribution in [2.75, 3.05) is 4.90 Å². The molecule has 10 aromatic rings. The van der Waals surface area contributed by atoms with Gasteiger partial charge in [-0.15, -0.1) is 11.3 Å². The van der Waals surface area contributed by atoms with Crippen LogP contribution in [0, 0.1) is 0 Å². The van der Waals surface area contributed by atoms with Crippen LogP contribution in [-0.2, 0) is 0 Å². The monoisotopic (exact) mass is 633 g/mol. The Bertz CT molecular complexity index is 2790. The van der Waals surface area contributed by atoms with Crippen LogP contribution in [0.25, 0.3) is 75.5 Å². The van der Waals surface area contributed by atoms with Crippen molar-refractivity contribution in [1.29, 1.82) is 0 Å². The first kappa shape index (κ1) is 27.1. The Morgan fingerprint density at radius 1 is 0.417 bits per heavy atom. The number of fused-ring (bicyclic) bond motifs is 7. The summed E-state index contributed by atoms with van der Waals surface area (Å²) >= 11 is 1.82. The maximum atomic E-state index is 6.50. The third kappa shape index (κ3) is 4.34. The van der Waals surface area contributed by atoms with Crippen molar-refractivity contribution in [3.8, 4) is 22.5 Å². The number of nitrogens with zero attached hydrogens (tertiary/aromatic N) is 1. The zero-order valence-electron chi connectivity index (χ0n) is 25.8. The summed E-state index contributed by atoms with van der Waals surface area (Å²) in [6.45, 7) is 0. The van der Waals surface area contributed by atoms with E-state index in [4.69, 9.17) is 8.83 Å².